The standard InChI is InChI=1S/C19H23NO3.BrH/c21-17-8-2-13(3-9-17)1-5-15-6-7-16(20-15)11-14-4-10-18(22)19(23)12-14;/h2-4,8-10,12,15-16,20-23H,1,5-7,11H2;1H. The van der Waals surface area contributed by atoms with Crippen LogP contribution >= 0.6 is 17.0 Å². The van der Waals surface area contributed by atoms with Gasteiger partial charge in [0.25, 0.3) is 0 Å². The predicted octanol–water partition coefficient (Wildman–Crippen LogP) is 3.68. The Labute approximate surface area is 152 Å². The molecule has 2 aromatic carbocycles. The third kappa shape index (κ3) is 4.89. The van der Waals surface area contributed by atoms with Gasteiger partial charge in [0.05, 0.1) is 0 Å². The highest BCUT2D eigenvalue weighted by Gasteiger charge is 2.23. The summed E-state index contributed by atoms with van der Waals surface area (Å²) < 4.78 is 0. The molecule has 0 radical (unpaired) electrons. The van der Waals surface area contributed by atoms with E-state index in [1.54, 1.807) is 24.3 Å². The van der Waals surface area contributed by atoms with Gasteiger partial charge in [0.2, 0.25) is 0 Å². The lowest BCUT2D eigenvalue weighted by atomic mass is 10.0. The highest BCUT2D eigenvalue weighted by atomic mass is 79.9. The van der Waals surface area contributed by atoms with Crippen LogP contribution in [0.5, 0.6) is 17.2 Å². The SMILES string of the molecule is Br.Oc1ccc(CCC2CCC(Cc3ccc(O)c(O)c3)N2)cc1. The lowest BCUT2D eigenvalue weighted by Crippen LogP contribution is -2.31. The topological polar surface area (TPSA) is 72.7 Å². The van der Waals surface area contributed by atoms with Crippen molar-refractivity contribution in [1.82, 2.24) is 5.32 Å². The van der Waals surface area contributed by atoms with Gasteiger partial charge in [-0.3, -0.25) is 0 Å². The molecule has 0 amide bonds. The maximum absolute atomic E-state index is 9.57. The highest BCUT2D eigenvalue weighted by molar-refractivity contribution is 8.93. The van der Waals surface area contributed by atoms with E-state index in [-0.39, 0.29) is 28.5 Å². The number of phenols is 3. The van der Waals surface area contributed by atoms with Crippen molar-refractivity contribution in [2.24, 2.45) is 0 Å². The lowest BCUT2D eigenvalue weighted by molar-refractivity contribution is 0.402. The minimum Gasteiger partial charge on any atom is -0.508 e. The number of aromatic hydroxyl groups is 3. The van der Waals surface area contributed by atoms with Gasteiger partial charge in [-0.25, -0.2) is 0 Å². The number of halogens is 1. The van der Waals surface area contributed by atoms with Crippen LogP contribution in [0.25, 0.3) is 0 Å². The zero-order valence-corrected chi connectivity index (χ0v) is 15.2. The molecule has 1 aliphatic rings. The van der Waals surface area contributed by atoms with Crippen molar-refractivity contribution in [1.29, 1.82) is 0 Å². The predicted molar refractivity (Wildman–Crippen MR) is 100 cm³/mol. The van der Waals surface area contributed by atoms with Crippen molar-refractivity contribution < 1.29 is 15.3 Å². The van der Waals surface area contributed by atoms with E-state index in [0.29, 0.717) is 17.8 Å². The molecule has 2 unspecified atom stereocenters. The Balaban J connectivity index is 0.00000208. The number of aryl methyl sites for hydroxylation is 1. The van der Waals surface area contributed by atoms with Crippen molar-refractivity contribution in [2.75, 3.05) is 0 Å². The van der Waals surface area contributed by atoms with Crippen LogP contribution in [0.15, 0.2) is 42.5 Å². The summed E-state index contributed by atoms with van der Waals surface area (Å²) in [6, 6.07) is 13.4. The molecular weight excluding hydrogens is 370 g/mol. The van der Waals surface area contributed by atoms with Crippen LogP contribution in [0.4, 0.5) is 0 Å². The first kappa shape index (κ1) is 18.6. The van der Waals surface area contributed by atoms with Gasteiger partial charge in [0, 0.05) is 12.1 Å². The van der Waals surface area contributed by atoms with Crippen molar-refractivity contribution in [2.45, 2.75) is 44.2 Å². The molecule has 24 heavy (non-hydrogen) atoms. The zero-order valence-electron chi connectivity index (χ0n) is 13.5. The second kappa shape index (κ2) is 8.40. The van der Waals surface area contributed by atoms with Crippen LogP contribution in [0.3, 0.4) is 0 Å². The molecule has 1 heterocycles. The number of benzene rings is 2. The minimum absolute atomic E-state index is 0. The van der Waals surface area contributed by atoms with E-state index < -0.39 is 0 Å². The van der Waals surface area contributed by atoms with E-state index in [4.69, 9.17) is 0 Å². The van der Waals surface area contributed by atoms with E-state index in [9.17, 15) is 15.3 Å². The van der Waals surface area contributed by atoms with E-state index in [1.165, 1.54) is 5.56 Å². The molecule has 2 aromatic rings. The van der Waals surface area contributed by atoms with Crippen LogP contribution in [0.2, 0.25) is 0 Å². The molecule has 2 atom stereocenters. The molecule has 0 bridgehead atoms. The number of hydrogen-bond donors (Lipinski definition) is 4. The Morgan fingerprint density at radius 2 is 1.50 bits per heavy atom. The fourth-order valence-corrected chi connectivity index (χ4v) is 3.28. The van der Waals surface area contributed by atoms with Gasteiger partial charge in [-0.05, 0) is 67.5 Å². The van der Waals surface area contributed by atoms with Crippen LogP contribution in [0.1, 0.15) is 30.4 Å². The highest BCUT2D eigenvalue weighted by Crippen LogP contribution is 2.27. The quantitative estimate of drug-likeness (QED) is 0.584. The Kier molecular flexibility index (Phi) is 6.52. The number of rotatable bonds is 5. The van der Waals surface area contributed by atoms with E-state index >= 15 is 0 Å². The molecular formula is C19H24BrNO3. The molecule has 0 saturated carbocycles. The molecule has 1 saturated heterocycles. The van der Waals surface area contributed by atoms with Crippen LogP contribution in [-0.2, 0) is 12.8 Å². The first-order chi connectivity index (χ1) is 11.1. The van der Waals surface area contributed by atoms with E-state index in [1.807, 2.05) is 18.2 Å². The molecule has 130 valence electrons. The second-order valence-electron chi connectivity index (χ2n) is 6.37. The molecule has 4 N–H and O–H groups in total. The Hall–Kier alpha value is -1.72. The summed E-state index contributed by atoms with van der Waals surface area (Å²) in [5, 5.41) is 31.9. The summed E-state index contributed by atoms with van der Waals surface area (Å²) >= 11 is 0. The minimum atomic E-state index is -0.0695. The lowest BCUT2D eigenvalue weighted by Gasteiger charge is -2.15. The normalized spacial score (nSPS) is 19.8. The van der Waals surface area contributed by atoms with Gasteiger partial charge in [0.15, 0.2) is 11.5 Å². The summed E-state index contributed by atoms with van der Waals surface area (Å²) in [5.74, 6) is 0.189. The zero-order chi connectivity index (χ0) is 16.2. The van der Waals surface area contributed by atoms with Gasteiger partial charge in [-0.2, -0.15) is 0 Å². The largest absolute Gasteiger partial charge is 0.508 e. The van der Waals surface area contributed by atoms with E-state index in [0.717, 1.165) is 37.7 Å². The number of nitrogens with one attached hydrogen (secondary N) is 1. The molecule has 4 nitrogen and oxygen atoms in total. The van der Waals surface area contributed by atoms with E-state index in [2.05, 4.69) is 5.32 Å². The van der Waals surface area contributed by atoms with Crippen molar-refractivity contribution in [3.8, 4) is 17.2 Å². The molecule has 1 fully saturated rings. The van der Waals surface area contributed by atoms with Gasteiger partial charge < -0.3 is 20.6 Å². The van der Waals surface area contributed by atoms with Gasteiger partial charge in [-0.15, -0.1) is 17.0 Å². The summed E-state index contributed by atoms with van der Waals surface area (Å²) in [6.45, 7) is 0. The maximum atomic E-state index is 9.57. The molecule has 0 spiro atoms. The molecule has 3 rings (SSSR count). The van der Waals surface area contributed by atoms with Gasteiger partial charge in [0.1, 0.15) is 5.75 Å². The van der Waals surface area contributed by atoms with Crippen molar-refractivity contribution in [3.05, 3.63) is 53.6 Å². The van der Waals surface area contributed by atoms with Crippen LogP contribution in [-0.4, -0.2) is 27.4 Å². The average Bonchev–Trinajstić information content (AvgIpc) is 2.98. The fourth-order valence-electron chi connectivity index (χ4n) is 3.28. The van der Waals surface area contributed by atoms with Crippen LogP contribution < -0.4 is 5.32 Å². The smallest absolute Gasteiger partial charge is 0.157 e. The van der Waals surface area contributed by atoms with Crippen molar-refractivity contribution >= 4 is 17.0 Å². The first-order valence-electron chi connectivity index (χ1n) is 8.15. The Morgan fingerprint density at radius 1 is 0.833 bits per heavy atom. The first-order valence-corrected chi connectivity index (χ1v) is 8.15. The summed E-state index contributed by atoms with van der Waals surface area (Å²) in [4.78, 5) is 0. The fraction of sp³-hybridized carbons (Fsp3) is 0.368. The summed E-state index contributed by atoms with van der Waals surface area (Å²) in [7, 11) is 0. The van der Waals surface area contributed by atoms with Crippen molar-refractivity contribution in [3.63, 3.8) is 0 Å². The van der Waals surface area contributed by atoms with Crippen LogP contribution in [0, 0.1) is 0 Å². The number of phenolic OH excluding ortho intramolecular Hbond substituents is 3. The van der Waals surface area contributed by atoms with Gasteiger partial charge >= 0.3 is 0 Å². The second-order valence-corrected chi connectivity index (χ2v) is 6.37. The Morgan fingerprint density at radius 3 is 2.21 bits per heavy atom. The van der Waals surface area contributed by atoms with Gasteiger partial charge in [-0.1, -0.05) is 18.2 Å². The monoisotopic (exact) mass is 393 g/mol. The number of hydrogen-bond acceptors (Lipinski definition) is 4. The molecule has 0 aromatic heterocycles. The third-order valence-corrected chi connectivity index (χ3v) is 4.57. The maximum Gasteiger partial charge on any atom is 0.157 e. The Bertz CT molecular complexity index is 660. The third-order valence-electron chi connectivity index (χ3n) is 4.57. The summed E-state index contributed by atoms with van der Waals surface area (Å²) in [6.07, 6.45) is 5.24. The average molecular weight is 394 g/mol. The molecule has 0 aliphatic carbocycles. The molecule has 5 heteroatoms. The summed E-state index contributed by atoms with van der Waals surface area (Å²) in [5.41, 5.74) is 2.29. The molecule has 1 aliphatic heterocycles.